The Labute approximate surface area is 154 Å². The first kappa shape index (κ1) is 18.5. The van der Waals surface area contributed by atoms with Gasteiger partial charge in [-0.05, 0) is 25.1 Å². The van der Waals surface area contributed by atoms with Gasteiger partial charge in [0.1, 0.15) is 17.2 Å². The number of para-hydroxylation sites is 2. The predicted molar refractivity (Wildman–Crippen MR) is 95.7 cm³/mol. The highest BCUT2D eigenvalue weighted by Gasteiger charge is 2.25. The second-order valence-electron chi connectivity index (χ2n) is 5.56. The van der Waals surface area contributed by atoms with Crippen LogP contribution in [-0.4, -0.2) is 29.7 Å². The summed E-state index contributed by atoms with van der Waals surface area (Å²) >= 11 is 0. The normalized spacial score (nSPS) is 10.7. The van der Waals surface area contributed by atoms with E-state index >= 15 is 0 Å². The molecule has 27 heavy (non-hydrogen) atoms. The lowest BCUT2D eigenvalue weighted by atomic mass is 10.1. The van der Waals surface area contributed by atoms with Crippen molar-refractivity contribution in [2.45, 2.75) is 13.5 Å². The zero-order valence-electron chi connectivity index (χ0n) is 14.8. The first-order chi connectivity index (χ1) is 13.0. The van der Waals surface area contributed by atoms with E-state index in [-0.39, 0.29) is 18.7 Å². The van der Waals surface area contributed by atoms with E-state index in [0.717, 1.165) is 18.7 Å². The molecule has 0 saturated carbocycles. The first-order valence-electron chi connectivity index (χ1n) is 8.22. The molecule has 140 valence electrons. The van der Waals surface area contributed by atoms with Crippen LogP contribution in [0.1, 0.15) is 22.8 Å². The molecule has 0 aliphatic rings. The third-order valence-electron chi connectivity index (χ3n) is 3.84. The molecule has 2 aromatic carbocycles. The van der Waals surface area contributed by atoms with Gasteiger partial charge in [0.15, 0.2) is 11.6 Å². The molecule has 6 nitrogen and oxygen atoms in total. The number of aromatic nitrogens is 2. The van der Waals surface area contributed by atoms with Crippen molar-refractivity contribution in [1.82, 2.24) is 9.97 Å². The molecule has 0 aliphatic heterocycles. The summed E-state index contributed by atoms with van der Waals surface area (Å²) in [6.45, 7) is 1.53. The van der Waals surface area contributed by atoms with Crippen molar-refractivity contribution in [2.24, 2.45) is 0 Å². The average molecular weight is 373 g/mol. The molecule has 0 atom stereocenters. The molecule has 1 heterocycles. The van der Waals surface area contributed by atoms with Gasteiger partial charge in [-0.2, -0.15) is 0 Å². The van der Waals surface area contributed by atoms with Crippen molar-refractivity contribution in [3.63, 3.8) is 0 Å². The number of anilines is 1. The van der Waals surface area contributed by atoms with Crippen molar-refractivity contribution in [3.8, 4) is 5.75 Å². The van der Waals surface area contributed by atoms with E-state index in [0.29, 0.717) is 11.3 Å². The third-order valence-corrected chi connectivity index (χ3v) is 3.84. The number of nitrogens with zero attached hydrogens (tertiary/aromatic N) is 2. The monoisotopic (exact) mass is 373 g/mol. The Balaban J connectivity index is 1.87. The van der Waals surface area contributed by atoms with Crippen LogP contribution in [0, 0.1) is 11.6 Å². The maximum atomic E-state index is 14.7. The highest BCUT2D eigenvalue weighted by molar-refractivity contribution is 5.93. The van der Waals surface area contributed by atoms with Crippen LogP contribution in [0.5, 0.6) is 5.75 Å². The molecule has 0 saturated heterocycles. The topological polar surface area (TPSA) is 73.3 Å². The molecule has 1 N–H and O–H groups in total. The number of hydrogen-bond acceptors (Lipinski definition) is 6. The molecular formula is C19H17F2N3O3. The van der Waals surface area contributed by atoms with E-state index < -0.39 is 28.9 Å². The number of rotatable bonds is 6. The highest BCUT2D eigenvalue weighted by Crippen LogP contribution is 2.29. The number of benzene rings is 2. The molecule has 3 rings (SSSR count). The molecule has 0 unspecified atom stereocenters. The van der Waals surface area contributed by atoms with Gasteiger partial charge >= 0.3 is 5.97 Å². The maximum Gasteiger partial charge on any atom is 0.345 e. The zero-order valence-corrected chi connectivity index (χ0v) is 14.8. The zero-order chi connectivity index (χ0) is 19.4. The largest absolute Gasteiger partial charge is 0.493 e. The van der Waals surface area contributed by atoms with E-state index in [4.69, 9.17) is 9.47 Å². The predicted octanol–water partition coefficient (Wildman–Crippen LogP) is 3.71. The lowest BCUT2D eigenvalue weighted by Crippen LogP contribution is -2.13. The molecule has 0 aliphatic carbocycles. The van der Waals surface area contributed by atoms with Gasteiger partial charge in [-0.3, -0.25) is 4.98 Å². The summed E-state index contributed by atoms with van der Waals surface area (Å²) in [6.07, 6.45) is 1.50. The van der Waals surface area contributed by atoms with Gasteiger partial charge in [0, 0.05) is 12.1 Å². The number of fused-ring (bicyclic) bond motifs is 1. The number of esters is 1. The van der Waals surface area contributed by atoms with Gasteiger partial charge in [-0.15, -0.1) is 0 Å². The van der Waals surface area contributed by atoms with Gasteiger partial charge in [-0.25, -0.2) is 18.6 Å². The highest BCUT2D eigenvalue weighted by atomic mass is 19.1. The summed E-state index contributed by atoms with van der Waals surface area (Å²) in [5, 5.41) is 2.89. The number of halogens is 2. The number of methoxy groups -OCH3 is 1. The first-order valence-corrected chi connectivity index (χ1v) is 8.22. The number of nitrogens with one attached hydrogen (secondary N) is 1. The molecule has 0 amide bonds. The van der Waals surface area contributed by atoms with Gasteiger partial charge in [0.25, 0.3) is 0 Å². The second-order valence-corrected chi connectivity index (χ2v) is 5.56. The van der Waals surface area contributed by atoms with Crippen LogP contribution in [0.2, 0.25) is 0 Å². The summed E-state index contributed by atoms with van der Waals surface area (Å²) in [5.41, 5.74) is 0.809. The third kappa shape index (κ3) is 3.79. The average Bonchev–Trinajstić information content (AvgIpc) is 2.67. The smallest absolute Gasteiger partial charge is 0.345 e. The lowest BCUT2D eigenvalue weighted by Gasteiger charge is -2.14. The molecule has 0 bridgehead atoms. The second kappa shape index (κ2) is 7.94. The Morgan fingerprint density at radius 2 is 1.96 bits per heavy atom. The van der Waals surface area contributed by atoms with Gasteiger partial charge in [0.05, 0.1) is 30.9 Å². The van der Waals surface area contributed by atoms with Crippen LogP contribution in [0.4, 0.5) is 14.6 Å². The fourth-order valence-corrected chi connectivity index (χ4v) is 2.59. The Kier molecular flexibility index (Phi) is 5.44. The Morgan fingerprint density at radius 3 is 2.67 bits per heavy atom. The maximum absolute atomic E-state index is 14.7. The van der Waals surface area contributed by atoms with E-state index in [2.05, 4.69) is 15.3 Å². The van der Waals surface area contributed by atoms with Crippen molar-refractivity contribution in [2.75, 3.05) is 19.0 Å². The van der Waals surface area contributed by atoms with Crippen LogP contribution < -0.4 is 10.1 Å². The van der Waals surface area contributed by atoms with Gasteiger partial charge in [0.2, 0.25) is 0 Å². The van der Waals surface area contributed by atoms with E-state index in [9.17, 15) is 13.6 Å². The van der Waals surface area contributed by atoms with Crippen LogP contribution >= 0.6 is 0 Å². The summed E-state index contributed by atoms with van der Waals surface area (Å²) in [7, 11) is 1.16. The number of ether oxygens (including phenoxy) is 2. The molecule has 0 spiro atoms. The van der Waals surface area contributed by atoms with Crippen molar-refractivity contribution < 1.29 is 23.0 Å². The quantitative estimate of drug-likeness (QED) is 0.664. The number of carbonyl (C=O) groups is 1. The van der Waals surface area contributed by atoms with Crippen molar-refractivity contribution in [3.05, 3.63) is 59.3 Å². The minimum Gasteiger partial charge on any atom is -0.493 e. The molecule has 3 aromatic rings. The Morgan fingerprint density at radius 1 is 1.22 bits per heavy atom. The van der Waals surface area contributed by atoms with Crippen LogP contribution in [0.25, 0.3) is 11.0 Å². The van der Waals surface area contributed by atoms with Crippen molar-refractivity contribution >= 4 is 22.8 Å². The van der Waals surface area contributed by atoms with Gasteiger partial charge < -0.3 is 14.8 Å². The molecular weight excluding hydrogens is 356 g/mol. The fraction of sp³-hybridized carbons (Fsp3) is 0.211. The summed E-state index contributed by atoms with van der Waals surface area (Å²) < 4.78 is 38.7. The van der Waals surface area contributed by atoms with Crippen molar-refractivity contribution in [1.29, 1.82) is 0 Å². The van der Waals surface area contributed by atoms with Crippen LogP contribution in [-0.2, 0) is 11.3 Å². The van der Waals surface area contributed by atoms with E-state index in [1.54, 1.807) is 13.0 Å². The standard InChI is InChI=1S/C19H17F2N3O3/c1-3-27-19(25)16-12(20)8-11(17(21)18(16)26-2)9-23-15-10-22-13-6-4-5-7-14(13)24-15/h4-8,10H,3,9H2,1-2H3,(H,23,24). The summed E-state index contributed by atoms with van der Waals surface area (Å²) in [6, 6.07) is 8.23. The summed E-state index contributed by atoms with van der Waals surface area (Å²) in [5.74, 6) is -2.83. The lowest BCUT2D eigenvalue weighted by molar-refractivity contribution is 0.0516. The molecule has 8 heteroatoms. The minimum absolute atomic E-state index is 0.0210. The number of carbonyl (C=O) groups excluding carboxylic acids is 1. The number of hydrogen-bond donors (Lipinski definition) is 1. The fourth-order valence-electron chi connectivity index (χ4n) is 2.59. The van der Waals surface area contributed by atoms with E-state index in [1.807, 2.05) is 18.2 Å². The SMILES string of the molecule is CCOC(=O)c1c(F)cc(CNc2cnc3ccccc3n2)c(F)c1OC. The molecule has 0 fully saturated rings. The molecule has 0 radical (unpaired) electrons. The molecule has 1 aromatic heterocycles. The summed E-state index contributed by atoms with van der Waals surface area (Å²) in [4.78, 5) is 20.5. The van der Waals surface area contributed by atoms with Crippen LogP contribution in [0.15, 0.2) is 36.5 Å². The van der Waals surface area contributed by atoms with E-state index in [1.165, 1.54) is 6.20 Å². The minimum atomic E-state index is -0.981. The Bertz CT molecular complexity index is 995. The van der Waals surface area contributed by atoms with Crippen LogP contribution in [0.3, 0.4) is 0 Å². The van der Waals surface area contributed by atoms with Gasteiger partial charge in [-0.1, -0.05) is 12.1 Å². The Hall–Kier alpha value is -3.29.